The molecule has 1 heterocycles. The smallest absolute Gasteiger partial charge is 0.310 e. The summed E-state index contributed by atoms with van der Waals surface area (Å²) in [4.78, 5) is 24.9. The van der Waals surface area contributed by atoms with E-state index in [1.165, 1.54) is 0 Å². The van der Waals surface area contributed by atoms with Crippen molar-refractivity contribution in [3.63, 3.8) is 0 Å². The van der Waals surface area contributed by atoms with E-state index in [-0.39, 0.29) is 5.91 Å². The fourth-order valence-corrected chi connectivity index (χ4v) is 2.55. The highest BCUT2D eigenvalue weighted by molar-refractivity contribution is 5.77. The molecule has 2 N–H and O–H groups in total. The molecule has 0 aromatic heterocycles. The molecule has 18 heavy (non-hydrogen) atoms. The van der Waals surface area contributed by atoms with E-state index in [0.29, 0.717) is 38.4 Å². The molecule has 2 fully saturated rings. The van der Waals surface area contributed by atoms with Gasteiger partial charge in [-0.2, -0.15) is 0 Å². The van der Waals surface area contributed by atoms with Crippen molar-refractivity contribution >= 4 is 11.9 Å². The molecule has 1 amide bonds. The molecule has 0 aromatic carbocycles. The van der Waals surface area contributed by atoms with Crippen molar-refractivity contribution < 1.29 is 14.7 Å². The molecule has 102 valence electrons. The molecule has 1 atom stereocenters. The molecule has 2 aliphatic rings. The Hall–Kier alpha value is -1.10. The summed E-state index contributed by atoms with van der Waals surface area (Å²) in [7, 11) is 0. The molecule has 1 aliphatic heterocycles. The second-order valence-corrected chi connectivity index (χ2v) is 5.56. The SMILES string of the molecule is CCC1(C(=O)O)CCN(CCC(=O)NC2CC2)C1. The Morgan fingerprint density at radius 2 is 2.17 bits per heavy atom. The standard InChI is InChI=1S/C13H22N2O3/c1-2-13(12(17)18)6-8-15(9-13)7-5-11(16)14-10-3-4-10/h10H,2-9H2,1H3,(H,14,16)(H,17,18). The highest BCUT2D eigenvalue weighted by atomic mass is 16.4. The van der Waals surface area contributed by atoms with Crippen LogP contribution in [0, 0.1) is 5.41 Å². The Morgan fingerprint density at radius 3 is 2.67 bits per heavy atom. The summed E-state index contributed by atoms with van der Waals surface area (Å²) in [5, 5.41) is 12.2. The lowest BCUT2D eigenvalue weighted by Gasteiger charge is -2.23. The minimum absolute atomic E-state index is 0.0989. The third kappa shape index (κ3) is 3.02. The summed E-state index contributed by atoms with van der Waals surface area (Å²) in [5.41, 5.74) is -0.590. The van der Waals surface area contributed by atoms with Crippen LogP contribution in [-0.2, 0) is 9.59 Å². The maximum absolute atomic E-state index is 11.6. The van der Waals surface area contributed by atoms with E-state index in [2.05, 4.69) is 10.2 Å². The van der Waals surface area contributed by atoms with Gasteiger partial charge in [0.15, 0.2) is 0 Å². The van der Waals surface area contributed by atoms with Gasteiger partial charge in [-0.1, -0.05) is 6.92 Å². The summed E-state index contributed by atoms with van der Waals surface area (Å²) in [5.74, 6) is -0.600. The van der Waals surface area contributed by atoms with Crippen LogP contribution in [0.1, 0.15) is 39.0 Å². The van der Waals surface area contributed by atoms with Gasteiger partial charge in [0.1, 0.15) is 0 Å². The number of carboxylic acids is 1. The Labute approximate surface area is 108 Å². The van der Waals surface area contributed by atoms with E-state index in [1.54, 1.807) is 0 Å². The highest BCUT2D eigenvalue weighted by Crippen LogP contribution is 2.34. The van der Waals surface area contributed by atoms with Gasteiger partial charge in [-0.25, -0.2) is 0 Å². The molecular weight excluding hydrogens is 232 g/mol. The van der Waals surface area contributed by atoms with Crippen molar-refractivity contribution in [3.8, 4) is 0 Å². The van der Waals surface area contributed by atoms with Crippen molar-refractivity contribution in [2.24, 2.45) is 5.41 Å². The number of hydrogen-bond acceptors (Lipinski definition) is 3. The molecule has 0 bridgehead atoms. The maximum atomic E-state index is 11.6. The van der Waals surface area contributed by atoms with Crippen LogP contribution in [0.2, 0.25) is 0 Å². The number of carbonyl (C=O) groups excluding carboxylic acids is 1. The number of rotatable bonds is 6. The summed E-state index contributed by atoms with van der Waals surface area (Å²) < 4.78 is 0. The Balaban J connectivity index is 1.74. The number of nitrogens with zero attached hydrogens (tertiary/aromatic N) is 1. The van der Waals surface area contributed by atoms with Crippen LogP contribution in [0.3, 0.4) is 0 Å². The second kappa shape index (κ2) is 5.26. The van der Waals surface area contributed by atoms with Crippen LogP contribution in [0.4, 0.5) is 0 Å². The first kappa shape index (κ1) is 13.3. The number of nitrogens with one attached hydrogen (secondary N) is 1. The second-order valence-electron chi connectivity index (χ2n) is 5.56. The van der Waals surface area contributed by atoms with Crippen LogP contribution in [0.25, 0.3) is 0 Å². The summed E-state index contributed by atoms with van der Waals surface area (Å²) in [6.45, 7) is 3.97. The lowest BCUT2D eigenvalue weighted by atomic mass is 9.84. The number of likely N-dealkylation sites (tertiary alicyclic amines) is 1. The monoisotopic (exact) mass is 254 g/mol. The van der Waals surface area contributed by atoms with Crippen molar-refractivity contribution in [2.75, 3.05) is 19.6 Å². The minimum atomic E-state index is -0.699. The van der Waals surface area contributed by atoms with E-state index in [0.717, 1.165) is 19.4 Å². The Kier molecular flexibility index (Phi) is 3.90. The first-order valence-corrected chi connectivity index (χ1v) is 6.81. The highest BCUT2D eigenvalue weighted by Gasteiger charge is 2.43. The van der Waals surface area contributed by atoms with Gasteiger partial charge in [0.05, 0.1) is 5.41 Å². The van der Waals surface area contributed by atoms with Crippen molar-refractivity contribution in [2.45, 2.75) is 45.1 Å². The van der Waals surface area contributed by atoms with Crippen molar-refractivity contribution in [1.82, 2.24) is 10.2 Å². The van der Waals surface area contributed by atoms with Gasteiger partial charge in [0, 0.05) is 25.6 Å². The third-order valence-corrected chi connectivity index (χ3v) is 4.16. The van der Waals surface area contributed by atoms with Crippen LogP contribution >= 0.6 is 0 Å². The van der Waals surface area contributed by atoms with Gasteiger partial charge in [0.2, 0.25) is 5.91 Å². The van der Waals surface area contributed by atoms with Crippen LogP contribution in [0.5, 0.6) is 0 Å². The fourth-order valence-electron chi connectivity index (χ4n) is 2.55. The lowest BCUT2D eigenvalue weighted by molar-refractivity contribution is -0.148. The van der Waals surface area contributed by atoms with E-state index in [4.69, 9.17) is 0 Å². The molecule has 1 saturated carbocycles. The maximum Gasteiger partial charge on any atom is 0.310 e. The Morgan fingerprint density at radius 1 is 1.44 bits per heavy atom. The molecular formula is C13H22N2O3. The zero-order valence-electron chi connectivity index (χ0n) is 10.9. The molecule has 5 heteroatoms. The third-order valence-electron chi connectivity index (χ3n) is 4.16. The quantitative estimate of drug-likeness (QED) is 0.737. The van der Waals surface area contributed by atoms with E-state index in [9.17, 15) is 14.7 Å². The first-order valence-electron chi connectivity index (χ1n) is 6.81. The fraction of sp³-hybridized carbons (Fsp3) is 0.846. The molecule has 0 radical (unpaired) electrons. The normalized spacial score (nSPS) is 28.3. The van der Waals surface area contributed by atoms with Gasteiger partial charge in [-0.3, -0.25) is 9.59 Å². The topological polar surface area (TPSA) is 69.6 Å². The summed E-state index contributed by atoms with van der Waals surface area (Å²) >= 11 is 0. The minimum Gasteiger partial charge on any atom is -0.481 e. The average molecular weight is 254 g/mol. The van der Waals surface area contributed by atoms with Gasteiger partial charge in [-0.15, -0.1) is 0 Å². The van der Waals surface area contributed by atoms with Gasteiger partial charge in [0.25, 0.3) is 0 Å². The average Bonchev–Trinajstić information content (AvgIpc) is 3.04. The van der Waals surface area contributed by atoms with E-state index in [1.807, 2.05) is 6.92 Å². The largest absolute Gasteiger partial charge is 0.481 e. The molecule has 1 unspecified atom stereocenters. The van der Waals surface area contributed by atoms with Gasteiger partial charge in [-0.05, 0) is 32.2 Å². The van der Waals surface area contributed by atoms with Crippen LogP contribution < -0.4 is 5.32 Å². The van der Waals surface area contributed by atoms with Gasteiger partial charge >= 0.3 is 5.97 Å². The molecule has 1 aliphatic carbocycles. The van der Waals surface area contributed by atoms with Crippen molar-refractivity contribution in [1.29, 1.82) is 0 Å². The number of hydrogen-bond donors (Lipinski definition) is 2. The summed E-state index contributed by atoms with van der Waals surface area (Å²) in [6, 6.07) is 0.407. The number of carboxylic acid groups (broad SMARTS) is 1. The van der Waals surface area contributed by atoms with Crippen LogP contribution in [0.15, 0.2) is 0 Å². The molecule has 0 spiro atoms. The lowest BCUT2D eigenvalue weighted by Crippen LogP contribution is -2.35. The predicted octanol–water partition coefficient (Wildman–Crippen LogP) is 0.842. The Bertz CT molecular complexity index is 341. The zero-order chi connectivity index (χ0) is 13.2. The van der Waals surface area contributed by atoms with Crippen molar-refractivity contribution in [3.05, 3.63) is 0 Å². The molecule has 2 rings (SSSR count). The predicted molar refractivity (Wildman–Crippen MR) is 67.2 cm³/mol. The number of amides is 1. The summed E-state index contributed by atoms with van der Waals surface area (Å²) in [6.07, 6.45) is 4.05. The number of aliphatic carboxylic acids is 1. The first-order chi connectivity index (χ1) is 8.55. The van der Waals surface area contributed by atoms with Gasteiger partial charge < -0.3 is 15.3 Å². The molecule has 1 saturated heterocycles. The zero-order valence-corrected chi connectivity index (χ0v) is 10.9. The number of carbonyl (C=O) groups is 2. The van der Waals surface area contributed by atoms with E-state index < -0.39 is 11.4 Å². The van der Waals surface area contributed by atoms with Crippen LogP contribution in [-0.4, -0.2) is 47.6 Å². The molecule has 5 nitrogen and oxygen atoms in total. The molecule has 0 aromatic rings. The van der Waals surface area contributed by atoms with E-state index >= 15 is 0 Å².